The zero-order valence-corrected chi connectivity index (χ0v) is 24.5. The normalized spacial score (nSPS) is 10.4. The largest absolute Gasteiger partial charge is 0.494 e. The van der Waals surface area contributed by atoms with Gasteiger partial charge in [0.05, 0.1) is 18.9 Å². The van der Waals surface area contributed by atoms with E-state index in [-0.39, 0.29) is 0 Å². The van der Waals surface area contributed by atoms with Crippen LogP contribution in [0.5, 0.6) is 0 Å². The molecule has 0 aromatic heterocycles. The fraction of sp³-hybridized carbons (Fsp3) is 0.250. The summed E-state index contributed by atoms with van der Waals surface area (Å²) in [5.74, 6) is 1.44. The van der Waals surface area contributed by atoms with E-state index in [4.69, 9.17) is 14.5 Å². The van der Waals surface area contributed by atoms with Crippen molar-refractivity contribution in [3.63, 3.8) is 0 Å². The van der Waals surface area contributed by atoms with E-state index < -0.39 is 0 Å². The first kappa shape index (κ1) is 32.9. The van der Waals surface area contributed by atoms with Crippen molar-refractivity contribution in [1.82, 2.24) is 0 Å². The molecule has 0 aliphatic heterocycles. The van der Waals surface area contributed by atoms with Crippen molar-refractivity contribution in [2.45, 2.75) is 47.5 Å². The minimum Gasteiger partial charge on any atom is -0.494 e. The maximum absolute atomic E-state index is 5.74. The third-order valence-corrected chi connectivity index (χ3v) is 5.35. The number of nitrogens with zero attached hydrogens (tertiary/aromatic N) is 1. The first-order valence-corrected chi connectivity index (χ1v) is 13.4. The molecular weight excluding hydrogens is 478 g/mol. The van der Waals surface area contributed by atoms with Gasteiger partial charge in [-0.05, 0) is 75.4 Å². The summed E-state index contributed by atoms with van der Waals surface area (Å²) in [5, 5.41) is 0. The molecule has 0 amide bonds. The lowest BCUT2D eigenvalue weighted by molar-refractivity contribution is 0.239. The standard InChI is InChI=1S/C24H25NO.C7H12O.C5H8/c1-3-26-24(18-20-7-5-4-6-8-20)25-23-15-13-22(14-16-23)17-21-11-9-19(2)10-12-21;1-5-8-7(4)6(2)3;1-3-5-4-2/h4-16H,3,17-18H2,1-2H3;2,4-5H2,1,3H3;3-5H,1H2,2H3/b;;5-4-. The molecule has 39 heavy (non-hydrogen) atoms. The van der Waals surface area contributed by atoms with Crippen LogP contribution >= 0.6 is 0 Å². The minimum atomic E-state index is 0.622. The van der Waals surface area contributed by atoms with Crippen molar-refractivity contribution < 1.29 is 9.47 Å². The van der Waals surface area contributed by atoms with Crippen LogP contribution in [0.15, 0.2) is 133 Å². The maximum Gasteiger partial charge on any atom is 0.192 e. The van der Waals surface area contributed by atoms with Crippen molar-refractivity contribution in [2.75, 3.05) is 13.2 Å². The Labute approximate surface area is 236 Å². The fourth-order valence-electron chi connectivity index (χ4n) is 3.27. The van der Waals surface area contributed by atoms with Crippen molar-refractivity contribution in [1.29, 1.82) is 0 Å². The highest BCUT2D eigenvalue weighted by molar-refractivity contribution is 5.81. The van der Waals surface area contributed by atoms with Crippen molar-refractivity contribution in [3.8, 4) is 0 Å². The van der Waals surface area contributed by atoms with E-state index in [1.165, 1.54) is 22.3 Å². The van der Waals surface area contributed by atoms with Gasteiger partial charge in [0.1, 0.15) is 5.76 Å². The maximum atomic E-state index is 5.74. The molecule has 0 atom stereocenters. The highest BCUT2D eigenvalue weighted by atomic mass is 16.5. The minimum absolute atomic E-state index is 0.622. The summed E-state index contributed by atoms with van der Waals surface area (Å²) in [6, 6.07) is 27.4. The van der Waals surface area contributed by atoms with Crippen LogP contribution in [0.25, 0.3) is 0 Å². The average Bonchev–Trinajstić information content (AvgIpc) is 2.93. The summed E-state index contributed by atoms with van der Waals surface area (Å²) in [4.78, 5) is 4.70. The Balaban J connectivity index is 0.000000487. The van der Waals surface area contributed by atoms with Crippen LogP contribution in [0.1, 0.15) is 49.9 Å². The molecular formula is C36H45NO2. The van der Waals surface area contributed by atoms with E-state index >= 15 is 0 Å². The molecule has 3 heteroatoms. The summed E-state index contributed by atoms with van der Waals surface area (Å²) >= 11 is 0. The number of hydrogen-bond donors (Lipinski definition) is 0. The molecule has 3 nitrogen and oxygen atoms in total. The molecule has 0 radical (unpaired) electrons. The van der Waals surface area contributed by atoms with E-state index in [2.05, 4.69) is 87.3 Å². The molecule has 0 aliphatic carbocycles. The number of rotatable bonds is 10. The molecule has 0 spiro atoms. The van der Waals surface area contributed by atoms with Crippen LogP contribution in [0.4, 0.5) is 5.69 Å². The molecule has 3 rings (SSSR count). The second-order valence-electron chi connectivity index (χ2n) is 8.83. The third kappa shape index (κ3) is 15.0. The molecule has 0 saturated carbocycles. The molecule has 3 aromatic rings. The quantitative estimate of drug-likeness (QED) is 0.115. The number of hydrogen-bond acceptors (Lipinski definition) is 3. The highest BCUT2D eigenvalue weighted by Gasteiger charge is 2.04. The van der Waals surface area contributed by atoms with Crippen LogP contribution in [-0.2, 0) is 22.3 Å². The Kier molecular flexibility index (Phi) is 16.8. The fourth-order valence-corrected chi connectivity index (χ4v) is 3.27. The molecule has 0 fully saturated rings. The lowest BCUT2D eigenvalue weighted by Gasteiger charge is -2.08. The molecule has 0 saturated heterocycles. The Morgan fingerprint density at radius 3 is 1.79 bits per heavy atom. The molecule has 0 aliphatic rings. The smallest absolute Gasteiger partial charge is 0.192 e. The predicted molar refractivity (Wildman–Crippen MR) is 170 cm³/mol. The van der Waals surface area contributed by atoms with Crippen LogP contribution in [-0.4, -0.2) is 19.1 Å². The summed E-state index contributed by atoms with van der Waals surface area (Å²) in [6.07, 6.45) is 7.22. The number of aryl methyl sites for hydroxylation is 1. The van der Waals surface area contributed by atoms with E-state index in [0.717, 1.165) is 23.6 Å². The van der Waals surface area contributed by atoms with Gasteiger partial charge in [-0.15, -0.1) is 0 Å². The predicted octanol–water partition coefficient (Wildman–Crippen LogP) is 9.76. The Bertz CT molecular complexity index is 1170. The van der Waals surface area contributed by atoms with Gasteiger partial charge in [-0.1, -0.05) is 110 Å². The Morgan fingerprint density at radius 1 is 0.795 bits per heavy atom. The van der Waals surface area contributed by atoms with E-state index in [1.54, 1.807) is 6.08 Å². The van der Waals surface area contributed by atoms with Crippen LogP contribution in [0.2, 0.25) is 0 Å². The first-order valence-electron chi connectivity index (χ1n) is 13.4. The Morgan fingerprint density at radius 2 is 1.36 bits per heavy atom. The third-order valence-electron chi connectivity index (χ3n) is 5.35. The van der Waals surface area contributed by atoms with Gasteiger partial charge < -0.3 is 9.47 Å². The molecule has 0 heterocycles. The van der Waals surface area contributed by atoms with Crippen molar-refractivity contribution in [2.24, 2.45) is 4.99 Å². The number of allylic oxidation sites excluding steroid dienone is 4. The van der Waals surface area contributed by atoms with Crippen LogP contribution < -0.4 is 0 Å². The van der Waals surface area contributed by atoms with Gasteiger partial charge in [0.2, 0.25) is 0 Å². The SMILES string of the molecule is C=C(C)C(=C)OCC.C=C/C=C\C.CCOC(Cc1ccccc1)=Nc1ccc(Cc2ccc(C)cc2)cc1. The number of ether oxygens (including phenoxy) is 2. The molecule has 0 N–H and O–H groups in total. The van der Waals surface area contributed by atoms with Crippen LogP contribution in [0.3, 0.4) is 0 Å². The van der Waals surface area contributed by atoms with Gasteiger partial charge >= 0.3 is 0 Å². The van der Waals surface area contributed by atoms with Gasteiger partial charge in [-0.25, -0.2) is 4.99 Å². The van der Waals surface area contributed by atoms with Gasteiger partial charge in [0.25, 0.3) is 0 Å². The summed E-state index contributed by atoms with van der Waals surface area (Å²) in [5.41, 5.74) is 6.93. The zero-order valence-electron chi connectivity index (χ0n) is 24.5. The van der Waals surface area contributed by atoms with Crippen LogP contribution in [0, 0.1) is 6.92 Å². The lowest BCUT2D eigenvalue weighted by Crippen LogP contribution is -2.08. The van der Waals surface area contributed by atoms with Gasteiger partial charge in [-0.2, -0.15) is 0 Å². The van der Waals surface area contributed by atoms with E-state index in [9.17, 15) is 0 Å². The summed E-state index contributed by atoms with van der Waals surface area (Å²) < 4.78 is 10.7. The average molecular weight is 524 g/mol. The van der Waals surface area contributed by atoms with Crippen molar-refractivity contribution in [3.05, 3.63) is 150 Å². The highest BCUT2D eigenvalue weighted by Crippen LogP contribution is 2.18. The number of aliphatic imine (C=N–C) groups is 1. The zero-order chi connectivity index (χ0) is 28.9. The summed E-state index contributed by atoms with van der Waals surface area (Å²) in [7, 11) is 0. The Hall–Kier alpha value is -4.11. The molecule has 0 unspecified atom stereocenters. The molecule has 0 bridgehead atoms. The van der Waals surface area contributed by atoms with E-state index in [0.29, 0.717) is 25.4 Å². The summed E-state index contributed by atoms with van der Waals surface area (Å²) in [6.45, 7) is 21.9. The second kappa shape index (κ2) is 19.9. The topological polar surface area (TPSA) is 30.8 Å². The van der Waals surface area contributed by atoms with Crippen molar-refractivity contribution >= 4 is 11.6 Å². The van der Waals surface area contributed by atoms with Gasteiger partial charge in [0.15, 0.2) is 5.90 Å². The molecule has 206 valence electrons. The first-order chi connectivity index (χ1) is 18.8. The second-order valence-corrected chi connectivity index (χ2v) is 8.83. The van der Waals surface area contributed by atoms with Gasteiger partial charge in [-0.3, -0.25) is 0 Å². The number of benzene rings is 3. The molecule has 3 aromatic carbocycles. The van der Waals surface area contributed by atoms with Gasteiger partial charge in [0, 0.05) is 6.42 Å². The van der Waals surface area contributed by atoms with E-state index in [1.807, 2.05) is 58.0 Å². The monoisotopic (exact) mass is 523 g/mol. The lowest BCUT2D eigenvalue weighted by atomic mass is 10.0.